The fourth-order valence-electron chi connectivity index (χ4n) is 1.76. The van der Waals surface area contributed by atoms with Gasteiger partial charge in [0.05, 0.1) is 0 Å². The first-order chi connectivity index (χ1) is 9.40. The van der Waals surface area contributed by atoms with Gasteiger partial charge in [0, 0.05) is 20.0 Å². The smallest absolute Gasteiger partial charge is 0.303 e. The molecule has 0 aliphatic rings. The molecule has 0 spiro atoms. The number of carboxylic acid groups (broad SMARTS) is 1. The third-order valence-corrected chi connectivity index (χ3v) is 2.94. The predicted molar refractivity (Wildman–Crippen MR) is 75.8 cm³/mol. The van der Waals surface area contributed by atoms with Gasteiger partial charge < -0.3 is 14.7 Å². The SMILES string of the molecule is Cc1ccc(OC(C)C(=O)N(C)CCCC(=O)O)cc1. The van der Waals surface area contributed by atoms with Crippen molar-refractivity contribution < 1.29 is 19.4 Å². The van der Waals surface area contributed by atoms with Crippen molar-refractivity contribution in [2.45, 2.75) is 32.8 Å². The molecule has 1 aromatic carbocycles. The van der Waals surface area contributed by atoms with Crippen molar-refractivity contribution in [1.29, 1.82) is 0 Å². The summed E-state index contributed by atoms with van der Waals surface area (Å²) in [6.07, 6.45) is -0.0906. The van der Waals surface area contributed by atoms with Gasteiger partial charge >= 0.3 is 5.97 Å². The van der Waals surface area contributed by atoms with E-state index in [0.29, 0.717) is 18.7 Å². The number of aryl methyl sites for hydroxylation is 1. The number of aliphatic carboxylic acids is 1. The van der Waals surface area contributed by atoms with Gasteiger partial charge in [0.15, 0.2) is 6.10 Å². The van der Waals surface area contributed by atoms with Crippen LogP contribution in [0.15, 0.2) is 24.3 Å². The Labute approximate surface area is 119 Å². The third-order valence-electron chi connectivity index (χ3n) is 2.94. The van der Waals surface area contributed by atoms with Crippen molar-refractivity contribution in [3.63, 3.8) is 0 Å². The lowest BCUT2D eigenvalue weighted by Gasteiger charge is -2.22. The molecule has 0 heterocycles. The van der Waals surface area contributed by atoms with Gasteiger partial charge in [-0.15, -0.1) is 0 Å². The molecule has 1 unspecified atom stereocenters. The highest BCUT2D eigenvalue weighted by Gasteiger charge is 2.19. The molecule has 0 fully saturated rings. The molecule has 1 amide bonds. The summed E-state index contributed by atoms with van der Waals surface area (Å²) in [5.74, 6) is -0.360. The van der Waals surface area contributed by atoms with E-state index in [1.54, 1.807) is 14.0 Å². The number of carboxylic acids is 1. The Morgan fingerprint density at radius 1 is 1.30 bits per heavy atom. The van der Waals surface area contributed by atoms with Crippen LogP contribution in [0.2, 0.25) is 0 Å². The summed E-state index contributed by atoms with van der Waals surface area (Å²) in [4.78, 5) is 24.0. The second-order valence-electron chi connectivity index (χ2n) is 4.83. The number of carbonyl (C=O) groups is 2. The molecule has 0 bridgehead atoms. The lowest BCUT2D eigenvalue weighted by Crippen LogP contribution is -2.38. The van der Waals surface area contributed by atoms with Crippen molar-refractivity contribution in [2.75, 3.05) is 13.6 Å². The lowest BCUT2D eigenvalue weighted by molar-refractivity contribution is -0.139. The van der Waals surface area contributed by atoms with Gasteiger partial charge in [-0.2, -0.15) is 0 Å². The standard InChI is InChI=1S/C15H21NO4/c1-11-6-8-13(9-7-11)20-12(2)15(19)16(3)10-4-5-14(17)18/h6-9,12H,4-5,10H2,1-3H3,(H,17,18). The average Bonchev–Trinajstić information content (AvgIpc) is 2.39. The minimum atomic E-state index is -0.852. The molecular weight excluding hydrogens is 258 g/mol. The molecule has 5 nitrogen and oxygen atoms in total. The quantitative estimate of drug-likeness (QED) is 0.830. The van der Waals surface area contributed by atoms with E-state index in [2.05, 4.69) is 0 Å². The molecular formula is C15H21NO4. The van der Waals surface area contributed by atoms with Gasteiger partial charge in [0.25, 0.3) is 5.91 Å². The highest BCUT2D eigenvalue weighted by Crippen LogP contribution is 2.14. The maximum Gasteiger partial charge on any atom is 0.303 e. The summed E-state index contributed by atoms with van der Waals surface area (Å²) >= 11 is 0. The molecule has 110 valence electrons. The number of benzene rings is 1. The largest absolute Gasteiger partial charge is 0.481 e. The molecule has 1 N–H and O–H groups in total. The Kier molecular flexibility index (Phi) is 6.03. The Hall–Kier alpha value is -2.04. The zero-order valence-electron chi connectivity index (χ0n) is 12.1. The normalized spacial score (nSPS) is 11.8. The molecule has 0 aromatic heterocycles. The van der Waals surface area contributed by atoms with E-state index in [1.807, 2.05) is 31.2 Å². The van der Waals surface area contributed by atoms with Crippen molar-refractivity contribution in [3.05, 3.63) is 29.8 Å². The van der Waals surface area contributed by atoms with Crippen LogP contribution in [0.25, 0.3) is 0 Å². The molecule has 5 heteroatoms. The number of amides is 1. The van der Waals surface area contributed by atoms with Crippen molar-refractivity contribution in [2.24, 2.45) is 0 Å². The van der Waals surface area contributed by atoms with Crippen LogP contribution in [0, 0.1) is 6.92 Å². The Morgan fingerprint density at radius 3 is 2.45 bits per heavy atom. The number of rotatable bonds is 7. The zero-order chi connectivity index (χ0) is 15.1. The first-order valence-corrected chi connectivity index (χ1v) is 6.60. The van der Waals surface area contributed by atoms with E-state index in [4.69, 9.17) is 9.84 Å². The number of nitrogens with zero attached hydrogens (tertiary/aromatic N) is 1. The van der Waals surface area contributed by atoms with Crippen LogP contribution in [0.5, 0.6) is 5.75 Å². The second kappa shape index (κ2) is 7.53. The molecule has 1 aromatic rings. The Morgan fingerprint density at radius 2 is 1.90 bits per heavy atom. The van der Waals surface area contributed by atoms with Crippen LogP contribution in [-0.4, -0.2) is 41.6 Å². The third kappa shape index (κ3) is 5.30. The van der Waals surface area contributed by atoms with E-state index >= 15 is 0 Å². The Balaban J connectivity index is 2.45. The van der Waals surface area contributed by atoms with Crippen LogP contribution in [-0.2, 0) is 9.59 Å². The van der Waals surface area contributed by atoms with Gasteiger partial charge in [-0.3, -0.25) is 9.59 Å². The van der Waals surface area contributed by atoms with Crippen molar-refractivity contribution in [1.82, 2.24) is 4.90 Å². The molecule has 0 saturated heterocycles. The first-order valence-electron chi connectivity index (χ1n) is 6.60. The minimum absolute atomic E-state index is 0.0603. The number of likely N-dealkylation sites (N-methyl/N-ethyl adjacent to an activating group) is 1. The van der Waals surface area contributed by atoms with E-state index in [-0.39, 0.29) is 12.3 Å². The van der Waals surface area contributed by atoms with E-state index in [9.17, 15) is 9.59 Å². The van der Waals surface area contributed by atoms with Gasteiger partial charge in [-0.25, -0.2) is 0 Å². The van der Waals surface area contributed by atoms with Gasteiger partial charge in [-0.1, -0.05) is 17.7 Å². The molecule has 0 aliphatic heterocycles. The summed E-state index contributed by atoms with van der Waals surface area (Å²) in [6.45, 7) is 4.08. The van der Waals surface area contributed by atoms with Crippen LogP contribution >= 0.6 is 0 Å². The van der Waals surface area contributed by atoms with E-state index < -0.39 is 12.1 Å². The van der Waals surface area contributed by atoms with Crippen LogP contribution in [0.1, 0.15) is 25.3 Å². The summed E-state index contributed by atoms with van der Waals surface area (Å²) < 4.78 is 5.57. The highest BCUT2D eigenvalue weighted by molar-refractivity contribution is 5.80. The topological polar surface area (TPSA) is 66.8 Å². The summed E-state index contributed by atoms with van der Waals surface area (Å²) in [6, 6.07) is 7.49. The summed E-state index contributed by atoms with van der Waals surface area (Å²) in [5.41, 5.74) is 1.13. The van der Waals surface area contributed by atoms with Crippen LogP contribution < -0.4 is 4.74 Å². The molecule has 0 saturated carbocycles. The zero-order valence-corrected chi connectivity index (χ0v) is 12.1. The minimum Gasteiger partial charge on any atom is -0.481 e. The van der Waals surface area contributed by atoms with Gasteiger partial charge in [0.1, 0.15) is 5.75 Å². The lowest BCUT2D eigenvalue weighted by atomic mass is 10.2. The average molecular weight is 279 g/mol. The molecule has 0 aliphatic carbocycles. The number of carbonyl (C=O) groups excluding carboxylic acids is 1. The summed E-state index contributed by atoms with van der Waals surface area (Å²) in [5, 5.41) is 8.56. The van der Waals surface area contributed by atoms with Crippen molar-refractivity contribution in [3.8, 4) is 5.75 Å². The van der Waals surface area contributed by atoms with E-state index in [0.717, 1.165) is 5.56 Å². The maximum atomic E-state index is 12.0. The van der Waals surface area contributed by atoms with Gasteiger partial charge in [0.2, 0.25) is 0 Å². The number of hydrogen-bond acceptors (Lipinski definition) is 3. The number of hydrogen-bond donors (Lipinski definition) is 1. The first kappa shape index (κ1) is 16.0. The second-order valence-corrected chi connectivity index (χ2v) is 4.83. The van der Waals surface area contributed by atoms with Crippen LogP contribution in [0.4, 0.5) is 0 Å². The number of ether oxygens (including phenoxy) is 1. The molecule has 20 heavy (non-hydrogen) atoms. The molecule has 0 radical (unpaired) electrons. The van der Waals surface area contributed by atoms with Gasteiger partial charge in [-0.05, 0) is 32.4 Å². The Bertz CT molecular complexity index is 455. The van der Waals surface area contributed by atoms with Crippen molar-refractivity contribution >= 4 is 11.9 Å². The fourth-order valence-corrected chi connectivity index (χ4v) is 1.76. The highest BCUT2D eigenvalue weighted by atomic mass is 16.5. The molecule has 1 atom stereocenters. The molecule has 1 rings (SSSR count). The predicted octanol–water partition coefficient (Wildman–Crippen LogP) is 2.09. The van der Waals surface area contributed by atoms with E-state index in [1.165, 1.54) is 4.90 Å². The van der Waals surface area contributed by atoms with Crippen LogP contribution in [0.3, 0.4) is 0 Å². The fraction of sp³-hybridized carbons (Fsp3) is 0.467. The monoisotopic (exact) mass is 279 g/mol. The maximum absolute atomic E-state index is 12.0. The summed E-state index contributed by atoms with van der Waals surface area (Å²) in [7, 11) is 1.65.